The first-order chi connectivity index (χ1) is 15.4. The van der Waals surface area contributed by atoms with Gasteiger partial charge in [0.1, 0.15) is 5.58 Å². The summed E-state index contributed by atoms with van der Waals surface area (Å²) in [4.78, 5) is 24.7. The molecule has 0 spiro atoms. The van der Waals surface area contributed by atoms with Crippen LogP contribution in [0.5, 0.6) is 0 Å². The Labute approximate surface area is 185 Å². The van der Waals surface area contributed by atoms with Crippen molar-refractivity contribution in [3.63, 3.8) is 0 Å². The molecule has 0 saturated carbocycles. The molecular weight excluding hydrogens is 402 g/mol. The lowest BCUT2D eigenvalue weighted by molar-refractivity contribution is 0.241. The summed E-state index contributed by atoms with van der Waals surface area (Å²) in [6.45, 7) is 5.83. The monoisotopic (exact) mass is 427 g/mol. The highest BCUT2D eigenvalue weighted by molar-refractivity contribution is 5.80. The zero-order valence-corrected chi connectivity index (χ0v) is 18.2. The lowest BCUT2D eigenvalue weighted by Gasteiger charge is -2.28. The number of rotatable bonds is 3. The number of aryl methyl sites for hydroxylation is 2. The average Bonchev–Trinajstić information content (AvgIpc) is 2.78. The van der Waals surface area contributed by atoms with Crippen molar-refractivity contribution in [2.75, 3.05) is 18.0 Å². The maximum absolute atomic E-state index is 13.2. The van der Waals surface area contributed by atoms with E-state index in [9.17, 15) is 4.79 Å². The van der Waals surface area contributed by atoms with Gasteiger partial charge in [-0.1, -0.05) is 0 Å². The van der Waals surface area contributed by atoms with Gasteiger partial charge in [-0.3, -0.25) is 9.69 Å². The predicted octanol–water partition coefficient (Wildman–Crippen LogP) is 3.59. The Bertz CT molecular complexity index is 1390. The number of hydrogen-bond acceptors (Lipinski definition) is 7. The number of benzene rings is 2. The van der Waals surface area contributed by atoms with Gasteiger partial charge < -0.3 is 15.9 Å². The molecule has 7 heteroatoms. The fourth-order valence-corrected chi connectivity index (χ4v) is 4.16. The molecule has 0 saturated heterocycles. The van der Waals surface area contributed by atoms with E-state index in [0.29, 0.717) is 41.1 Å². The maximum Gasteiger partial charge on any atom is 0.199 e. The molecule has 4 aromatic rings. The van der Waals surface area contributed by atoms with Crippen LogP contribution < -0.4 is 16.9 Å². The summed E-state index contributed by atoms with van der Waals surface area (Å²) in [6, 6.07) is 11.3. The summed E-state index contributed by atoms with van der Waals surface area (Å²) in [5.74, 6) is 0.883. The van der Waals surface area contributed by atoms with E-state index in [1.807, 2.05) is 56.4 Å². The van der Waals surface area contributed by atoms with E-state index in [0.717, 1.165) is 40.9 Å². The van der Waals surface area contributed by atoms with Crippen molar-refractivity contribution < 1.29 is 4.42 Å². The van der Waals surface area contributed by atoms with Crippen molar-refractivity contribution in [1.29, 1.82) is 0 Å². The molecule has 162 valence electrons. The van der Waals surface area contributed by atoms with Gasteiger partial charge in [0.15, 0.2) is 17.1 Å². The number of nitrogens with zero attached hydrogens (tertiary/aromatic N) is 3. The minimum Gasteiger partial charge on any atom is -0.440 e. The van der Waals surface area contributed by atoms with E-state index in [2.05, 4.69) is 9.88 Å². The third-order valence-electron chi connectivity index (χ3n) is 6.20. The zero-order valence-electron chi connectivity index (χ0n) is 18.2. The molecule has 0 aliphatic carbocycles. The average molecular weight is 428 g/mol. The molecule has 2 aromatic heterocycles. The van der Waals surface area contributed by atoms with Crippen LogP contribution in [0.4, 0.5) is 11.6 Å². The lowest BCUT2D eigenvalue weighted by atomic mass is 10.0. The molecule has 32 heavy (non-hydrogen) atoms. The first-order valence-electron chi connectivity index (χ1n) is 10.6. The highest BCUT2D eigenvalue weighted by atomic mass is 16.3. The van der Waals surface area contributed by atoms with Crippen LogP contribution in [0.1, 0.15) is 27.9 Å². The second-order valence-electron chi connectivity index (χ2n) is 8.45. The topological polar surface area (TPSA) is 111 Å². The smallest absolute Gasteiger partial charge is 0.199 e. The molecule has 4 N–H and O–H groups in total. The molecule has 5 rings (SSSR count). The Morgan fingerprint density at radius 1 is 1.09 bits per heavy atom. The van der Waals surface area contributed by atoms with Crippen LogP contribution in [0.25, 0.3) is 22.4 Å². The molecule has 1 aliphatic rings. The normalized spacial score (nSPS) is 13.9. The van der Waals surface area contributed by atoms with Gasteiger partial charge in [0, 0.05) is 49.1 Å². The fraction of sp³-hybridized carbons (Fsp3) is 0.240. The first kappa shape index (κ1) is 20.2. The third kappa shape index (κ3) is 3.61. The highest BCUT2D eigenvalue weighted by Crippen LogP contribution is 2.25. The standard InChI is InChI=1S/C25H25N5O2/c1-14-9-19-22(10-15(14)2)32-24(27)20(23(19)31)13-30-8-7-21-17(12-30)11-28-25(29-21)16-3-5-18(26)6-4-16/h3-6,9-11H,7-8,12-13,26-27H2,1-2H3. The number of nitrogens with two attached hydrogens (primary N) is 2. The van der Waals surface area contributed by atoms with E-state index in [1.54, 1.807) is 0 Å². The van der Waals surface area contributed by atoms with Gasteiger partial charge in [0.2, 0.25) is 0 Å². The van der Waals surface area contributed by atoms with Gasteiger partial charge in [-0.15, -0.1) is 0 Å². The molecule has 3 heterocycles. The largest absolute Gasteiger partial charge is 0.440 e. The molecule has 0 radical (unpaired) electrons. The number of anilines is 2. The Balaban J connectivity index is 1.41. The fourth-order valence-electron chi connectivity index (χ4n) is 4.16. The third-order valence-corrected chi connectivity index (χ3v) is 6.20. The Morgan fingerprint density at radius 2 is 1.84 bits per heavy atom. The van der Waals surface area contributed by atoms with Crippen molar-refractivity contribution in [3.05, 3.63) is 80.8 Å². The van der Waals surface area contributed by atoms with Crippen LogP contribution in [0, 0.1) is 13.8 Å². The molecule has 0 amide bonds. The zero-order chi connectivity index (χ0) is 22.4. The van der Waals surface area contributed by atoms with E-state index >= 15 is 0 Å². The second-order valence-corrected chi connectivity index (χ2v) is 8.45. The van der Waals surface area contributed by atoms with Crippen LogP contribution in [0.2, 0.25) is 0 Å². The van der Waals surface area contributed by atoms with E-state index in [1.165, 1.54) is 0 Å². The Hall–Kier alpha value is -3.71. The van der Waals surface area contributed by atoms with E-state index in [-0.39, 0.29) is 11.3 Å². The van der Waals surface area contributed by atoms with Gasteiger partial charge in [0.05, 0.1) is 16.6 Å². The number of fused-ring (bicyclic) bond motifs is 2. The summed E-state index contributed by atoms with van der Waals surface area (Å²) in [7, 11) is 0. The highest BCUT2D eigenvalue weighted by Gasteiger charge is 2.22. The summed E-state index contributed by atoms with van der Waals surface area (Å²) in [6.07, 6.45) is 2.65. The number of nitrogen functional groups attached to an aromatic ring is 2. The second kappa shape index (κ2) is 7.76. The summed E-state index contributed by atoms with van der Waals surface area (Å²) >= 11 is 0. The first-order valence-corrected chi connectivity index (χ1v) is 10.6. The molecule has 7 nitrogen and oxygen atoms in total. The van der Waals surface area contributed by atoms with Crippen LogP contribution >= 0.6 is 0 Å². The molecule has 0 bridgehead atoms. The van der Waals surface area contributed by atoms with Crippen LogP contribution in [-0.4, -0.2) is 21.4 Å². The molecule has 2 aromatic carbocycles. The van der Waals surface area contributed by atoms with Crippen molar-refractivity contribution in [1.82, 2.24) is 14.9 Å². The maximum atomic E-state index is 13.2. The van der Waals surface area contributed by atoms with Gasteiger partial charge >= 0.3 is 0 Å². The van der Waals surface area contributed by atoms with Crippen molar-refractivity contribution >= 4 is 22.5 Å². The van der Waals surface area contributed by atoms with E-state index < -0.39 is 0 Å². The minimum atomic E-state index is -0.0624. The summed E-state index contributed by atoms with van der Waals surface area (Å²) in [5.41, 5.74) is 18.8. The van der Waals surface area contributed by atoms with E-state index in [4.69, 9.17) is 20.9 Å². The van der Waals surface area contributed by atoms with Crippen molar-refractivity contribution in [3.8, 4) is 11.4 Å². The Kier molecular flexibility index (Phi) is 4.90. The van der Waals surface area contributed by atoms with Crippen LogP contribution in [0.15, 0.2) is 51.8 Å². The van der Waals surface area contributed by atoms with Crippen LogP contribution in [-0.2, 0) is 19.5 Å². The van der Waals surface area contributed by atoms with Gasteiger partial charge in [0.25, 0.3) is 0 Å². The number of aromatic nitrogens is 2. The molecule has 0 fully saturated rings. The van der Waals surface area contributed by atoms with Gasteiger partial charge in [-0.05, 0) is 61.4 Å². The minimum absolute atomic E-state index is 0.0624. The van der Waals surface area contributed by atoms with Gasteiger partial charge in [-0.2, -0.15) is 0 Å². The van der Waals surface area contributed by atoms with Crippen molar-refractivity contribution in [2.45, 2.75) is 33.4 Å². The van der Waals surface area contributed by atoms with Gasteiger partial charge in [-0.25, -0.2) is 9.97 Å². The molecular formula is C25H25N5O2. The predicted molar refractivity (Wildman–Crippen MR) is 126 cm³/mol. The molecule has 1 aliphatic heterocycles. The van der Waals surface area contributed by atoms with Crippen molar-refractivity contribution in [2.24, 2.45) is 0 Å². The lowest BCUT2D eigenvalue weighted by Crippen LogP contribution is -2.33. The summed E-state index contributed by atoms with van der Waals surface area (Å²) in [5, 5.41) is 0.575. The van der Waals surface area contributed by atoms with Crippen LogP contribution in [0.3, 0.4) is 0 Å². The SMILES string of the molecule is Cc1cc2oc(N)c(CN3CCc4nc(-c5ccc(N)cc5)ncc4C3)c(=O)c2cc1C. The number of hydrogen-bond donors (Lipinski definition) is 2. The summed E-state index contributed by atoms with van der Waals surface area (Å²) < 4.78 is 5.81. The Morgan fingerprint density at radius 3 is 2.62 bits per heavy atom. The molecule has 0 atom stereocenters. The molecule has 0 unspecified atom stereocenters. The quantitative estimate of drug-likeness (QED) is 0.481.